The largest absolute Gasteiger partial charge is 0.397 e. The highest BCUT2D eigenvalue weighted by molar-refractivity contribution is 7.83. The lowest BCUT2D eigenvalue weighted by Gasteiger charge is -2.40. The van der Waals surface area contributed by atoms with Crippen LogP contribution in [0.3, 0.4) is 0 Å². The second-order valence-electron chi connectivity index (χ2n) is 4.25. The molecule has 1 saturated heterocycles. The van der Waals surface area contributed by atoms with Gasteiger partial charge in [0.05, 0.1) is 18.8 Å². The van der Waals surface area contributed by atoms with Gasteiger partial charge in [0.1, 0.15) is 6.04 Å². The summed E-state index contributed by atoms with van der Waals surface area (Å²) in [5.41, 5.74) is 0. The zero-order valence-electron chi connectivity index (χ0n) is 10.1. The molecule has 11 nitrogen and oxygen atoms in total. The van der Waals surface area contributed by atoms with Crippen molar-refractivity contribution >= 4 is 20.7 Å². The predicted molar refractivity (Wildman–Crippen MR) is 62.0 cm³/mol. The Balaban J connectivity index is 2.76. The van der Waals surface area contributed by atoms with Crippen LogP contribution in [-0.4, -0.2) is 67.3 Å². The van der Waals surface area contributed by atoms with Crippen LogP contribution in [0, 0.1) is 5.92 Å². The molecule has 1 fully saturated rings. The van der Waals surface area contributed by atoms with E-state index in [1.54, 1.807) is 4.72 Å². The van der Waals surface area contributed by atoms with Gasteiger partial charge in [-0.1, -0.05) is 6.92 Å². The van der Waals surface area contributed by atoms with Gasteiger partial charge in [-0.05, 0) is 0 Å². The monoisotopic (exact) mass is 337 g/mol. The average Bonchev–Trinajstić information content (AvgIpc) is 2.25. The van der Waals surface area contributed by atoms with E-state index in [9.17, 15) is 27.0 Å². The number of rotatable bonds is 5. The van der Waals surface area contributed by atoms with Crippen molar-refractivity contribution in [2.45, 2.75) is 31.5 Å². The first-order valence-electron chi connectivity index (χ1n) is 5.29. The van der Waals surface area contributed by atoms with Crippen molar-refractivity contribution in [2.24, 2.45) is 5.92 Å². The Labute approximate surface area is 115 Å². The molecule has 20 heavy (non-hydrogen) atoms. The first-order valence-corrected chi connectivity index (χ1v) is 8.09. The van der Waals surface area contributed by atoms with Crippen LogP contribution in [0.25, 0.3) is 0 Å². The Morgan fingerprint density at radius 1 is 1.20 bits per heavy atom. The summed E-state index contributed by atoms with van der Waals surface area (Å²) in [6.07, 6.45) is -4.46. The second-order valence-corrected chi connectivity index (χ2v) is 6.52. The average molecular weight is 337 g/mol. The summed E-state index contributed by atoms with van der Waals surface area (Å²) in [7, 11) is -9.40. The molecule has 0 amide bonds. The fourth-order valence-electron chi connectivity index (χ4n) is 1.75. The summed E-state index contributed by atoms with van der Waals surface area (Å²) in [6.45, 7) is 0.681. The molecule has 0 aromatic heterocycles. The molecule has 5 atom stereocenters. The van der Waals surface area contributed by atoms with E-state index in [0.29, 0.717) is 0 Å². The molecule has 5 N–H and O–H groups in total. The smallest absolute Gasteiger partial charge is 0.391 e. The summed E-state index contributed by atoms with van der Waals surface area (Å²) in [5, 5.41) is 19.4. The van der Waals surface area contributed by atoms with Crippen molar-refractivity contribution < 1.29 is 45.1 Å². The van der Waals surface area contributed by atoms with Gasteiger partial charge in [-0.25, -0.2) is 4.18 Å². The molecule has 1 aliphatic rings. The molecule has 1 aliphatic heterocycles. The molecule has 0 aromatic carbocycles. The van der Waals surface area contributed by atoms with Crippen molar-refractivity contribution in [2.75, 3.05) is 6.61 Å². The van der Waals surface area contributed by atoms with Gasteiger partial charge in [-0.3, -0.25) is 9.11 Å². The van der Waals surface area contributed by atoms with Crippen molar-refractivity contribution in [3.63, 3.8) is 0 Å². The van der Waals surface area contributed by atoms with Crippen molar-refractivity contribution in [3.05, 3.63) is 0 Å². The summed E-state index contributed by atoms with van der Waals surface area (Å²) in [6, 6.07) is -1.54. The van der Waals surface area contributed by atoms with Crippen molar-refractivity contribution in [3.8, 4) is 0 Å². The predicted octanol–water partition coefficient (Wildman–Crippen LogP) is -2.72. The van der Waals surface area contributed by atoms with Gasteiger partial charge < -0.3 is 14.9 Å². The summed E-state index contributed by atoms with van der Waals surface area (Å²) >= 11 is 0. The number of hydrogen-bond acceptors (Lipinski definition) is 8. The molecule has 13 heteroatoms. The van der Waals surface area contributed by atoms with Gasteiger partial charge in [0, 0.05) is 5.92 Å². The van der Waals surface area contributed by atoms with Crippen molar-refractivity contribution in [1.82, 2.24) is 4.72 Å². The standard InChI is InChI=1S/C7H15NO10S2/c1-3-4(2-17-20(14,15)16)18-7(10)5(6(3)9)8-19(11,12)13/h3-10H,2H2,1H3,(H,11,12,13)(H,14,15,16)/t3-,4?,5?,6-,7-/m1/s1. The fraction of sp³-hybridized carbons (Fsp3) is 1.00. The molecule has 0 spiro atoms. The molecule has 1 heterocycles. The van der Waals surface area contributed by atoms with Crippen LogP contribution in [-0.2, 0) is 29.6 Å². The Kier molecular flexibility index (Phi) is 5.45. The fourth-order valence-corrected chi connectivity index (χ4v) is 2.65. The van der Waals surface area contributed by atoms with E-state index in [1.165, 1.54) is 6.92 Å². The lowest BCUT2D eigenvalue weighted by atomic mass is 9.90. The van der Waals surface area contributed by atoms with E-state index in [-0.39, 0.29) is 0 Å². The Morgan fingerprint density at radius 3 is 2.20 bits per heavy atom. The van der Waals surface area contributed by atoms with Crippen LogP contribution in [0.2, 0.25) is 0 Å². The van der Waals surface area contributed by atoms with E-state index in [2.05, 4.69) is 4.18 Å². The minimum atomic E-state index is -4.72. The molecule has 120 valence electrons. The van der Waals surface area contributed by atoms with Gasteiger partial charge in [0.25, 0.3) is 0 Å². The van der Waals surface area contributed by atoms with Gasteiger partial charge in [0.2, 0.25) is 0 Å². The topological polar surface area (TPSA) is 180 Å². The molecule has 0 aliphatic carbocycles. The van der Waals surface area contributed by atoms with Crippen LogP contribution < -0.4 is 4.72 Å². The van der Waals surface area contributed by atoms with Crippen LogP contribution in [0.5, 0.6) is 0 Å². The van der Waals surface area contributed by atoms with E-state index in [0.717, 1.165) is 0 Å². The first-order chi connectivity index (χ1) is 8.91. The van der Waals surface area contributed by atoms with Gasteiger partial charge in [0.15, 0.2) is 6.29 Å². The number of ether oxygens (including phenoxy) is 1. The van der Waals surface area contributed by atoms with Crippen molar-refractivity contribution in [1.29, 1.82) is 0 Å². The maximum absolute atomic E-state index is 10.7. The maximum Gasteiger partial charge on any atom is 0.397 e. The van der Waals surface area contributed by atoms with E-state index >= 15 is 0 Å². The molecule has 0 aromatic rings. The first kappa shape index (κ1) is 17.7. The van der Waals surface area contributed by atoms with Gasteiger partial charge >= 0.3 is 20.7 Å². The van der Waals surface area contributed by atoms with E-state index < -0.39 is 57.8 Å². The van der Waals surface area contributed by atoms with Crippen LogP contribution >= 0.6 is 0 Å². The zero-order valence-corrected chi connectivity index (χ0v) is 11.8. The molecular weight excluding hydrogens is 322 g/mol. The molecule has 0 radical (unpaired) electrons. The number of aliphatic hydroxyl groups is 2. The van der Waals surface area contributed by atoms with Crippen LogP contribution in [0.15, 0.2) is 0 Å². The molecule has 1 rings (SSSR count). The maximum atomic E-state index is 10.7. The number of hydrogen-bond donors (Lipinski definition) is 5. The highest BCUT2D eigenvalue weighted by Crippen LogP contribution is 2.25. The number of aliphatic hydroxyl groups excluding tert-OH is 2. The van der Waals surface area contributed by atoms with Gasteiger partial charge in [-0.2, -0.15) is 21.6 Å². The molecular formula is C7H15NO10S2. The Hall–Kier alpha value is -0.380. The van der Waals surface area contributed by atoms with Crippen LogP contribution in [0.1, 0.15) is 6.92 Å². The highest BCUT2D eigenvalue weighted by Gasteiger charge is 2.44. The summed E-state index contributed by atoms with van der Waals surface area (Å²) in [4.78, 5) is 0. The Morgan fingerprint density at radius 2 is 1.75 bits per heavy atom. The third-order valence-corrected chi connectivity index (χ3v) is 3.78. The highest BCUT2D eigenvalue weighted by atomic mass is 32.3. The SMILES string of the molecule is C[C@@H]1C(COS(=O)(=O)O)O[C@@H](O)C(NS(=O)(=O)O)[C@@H]1O. The second kappa shape index (κ2) is 6.17. The third kappa shape index (κ3) is 5.19. The zero-order chi connectivity index (χ0) is 15.7. The van der Waals surface area contributed by atoms with E-state index in [4.69, 9.17) is 13.8 Å². The lowest BCUT2D eigenvalue weighted by Crippen LogP contribution is -2.61. The Bertz CT molecular complexity index is 528. The quantitative estimate of drug-likeness (QED) is 0.331. The van der Waals surface area contributed by atoms with Crippen LogP contribution in [0.4, 0.5) is 0 Å². The summed E-state index contributed by atoms with van der Waals surface area (Å²) < 4.78 is 69.7. The normalized spacial score (nSPS) is 36.0. The summed E-state index contributed by atoms with van der Waals surface area (Å²) in [5.74, 6) is -0.862. The lowest BCUT2D eigenvalue weighted by molar-refractivity contribution is -0.230. The minimum absolute atomic E-state index is 0.688. The molecule has 0 bridgehead atoms. The van der Waals surface area contributed by atoms with E-state index in [1.807, 2.05) is 0 Å². The minimum Gasteiger partial charge on any atom is -0.391 e. The van der Waals surface area contributed by atoms with Gasteiger partial charge in [-0.15, -0.1) is 0 Å². The third-order valence-electron chi connectivity index (χ3n) is 2.78. The molecule has 0 saturated carbocycles. The molecule has 2 unspecified atom stereocenters. The number of nitrogens with one attached hydrogen (secondary N) is 1.